The lowest BCUT2D eigenvalue weighted by atomic mass is 9.85. The van der Waals surface area contributed by atoms with Crippen LogP contribution in [0.3, 0.4) is 0 Å². The molecule has 5 nitrogen and oxygen atoms in total. The molecule has 3 aliphatic rings. The number of hydrogen-bond acceptors (Lipinski definition) is 3. The third-order valence-electron chi connectivity index (χ3n) is 6.72. The van der Waals surface area contributed by atoms with Gasteiger partial charge in [0, 0.05) is 38.3 Å². The van der Waals surface area contributed by atoms with Gasteiger partial charge in [0.25, 0.3) is 0 Å². The highest BCUT2D eigenvalue weighted by molar-refractivity contribution is 5.74. The molecule has 3 rings (SSSR count). The fourth-order valence-corrected chi connectivity index (χ4v) is 5.19. The monoisotopic (exact) mass is 364 g/mol. The molecule has 0 radical (unpaired) electrons. The molecule has 2 saturated heterocycles. The number of nitrogens with one attached hydrogen (secondary N) is 1. The van der Waals surface area contributed by atoms with Crippen LogP contribution in [-0.2, 0) is 0 Å². The summed E-state index contributed by atoms with van der Waals surface area (Å²) in [5.41, 5.74) is 0. The lowest BCUT2D eigenvalue weighted by molar-refractivity contribution is 0.0400. The Bertz CT molecular complexity index is 438. The highest BCUT2D eigenvalue weighted by Gasteiger charge is 2.33. The lowest BCUT2D eigenvalue weighted by Gasteiger charge is -2.46. The van der Waals surface area contributed by atoms with Gasteiger partial charge < -0.3 is 15.1 Å². The van der Waals surface area contributed by atoms with Crippen molar-refractivity contribution in [2.24, 2.45) is 5.92 Å². The van der Waals surface area contributed by atoms with E-state index in [-0.39, 0.29) is 6.03 Å². The fourth-order valence-electron chi connectivity index (χ4n) is 5.19. The van der Waals surface area contributed by atoms with E-state index in [1.54, 1.807) is 0 Å². The number of rotatable bonds is 5. The zero-order valence-electron chi connectivity index (χ0n) is 17.1. The van der Waals surface area contributed by atoms with Gasteiger partial charge in [-0.2, -0.15) is 0 Å². The zero-order valence-corrected chi connectivity index (χ0v) is 17.1. The molecule has 0 aromatic heterocycles. The molecular formula is C21H40N4O. The Labute approximate surface area is 160 Å². The van der Waals surface area contributed by atoms with Crippen molar-refractivity contribution in [2.45, 2.75) is 77.3 Å². The molecule has 2 aliphatic heterocycles. The highest BCUT2D eigenvalue weighted by atomic mass is 16.2. The number of piperidine rings is 1. The second kappa shape index (κ2) is 9.93. The minimum absolute atomic E-state index is 0.146. The largest absolute Gasteiger partial charge is 0.338 e. The summed E-state index contributed by atoms with van der Waals surface area (Å²) in [7, 11) is 0. The van der Waals surface area contributed by atoms with Crippen molar-refractivity contribution in [3.8, 4) is 0 Å². The van der Waals surface area contributed by atoms with E-state index in [9.17, 15) is 4.79 Å². The van der Waals surface area contributed by atoms with Gasteiger partial charge in [-0.05, 0) is 64.6 Å². The maximum Gasteiger partial charge on any atom is 0.317 e. The molecule has 0 bridgehead atoms. The van der Waals surface area contributed by atoms with Crippen LogP contribution in [0.2, 0.25) is 0 Å². The van der Waals surface area contributed by atoms with Crippen molar-refractivity contribution in [1.29, 1.82) is 0 Å². The number of carbonyl (C=O) groups is 1. The summed E-state index contributed by atoms with van der Waals surface area (Å²) in [6.45, 7) is 11.9. The van der Waals surface area contributed by atoms with Crippen molar-refractivity contribution in [3.05, 3.63) is 0 Å². The Morgan fingerprint density at radius 2 is 1.81 bits per heavy atom. The Hall–Kier alpha value is -0.810. The quantitative estimate of drug-likeness (QED) is 0.762. The molecule has 0 spiro atoms. The predicted octanol–water partition coefficient (Wildman–Crippen LogP) is 3.16. The lowest BCUT2D eigenvalue weighted by Crippen LogP contribution is -2.58. The number of urea groups is 1. The van der Waals surface area contributed by atoms with Crippen LogP contribution in [0.25, 0.3) is 0 Å². The number of likely N-dealkylation sites (tertiary alicyclic amines) is 1. The van der Waals surface area contributed by atoms with Crippen LogP contribution in [0.4, 0.5) is 4.79 Å². The van der Waals surface area contributed by atoms with E-state index in [2.05, 4.69) is 29.0 Å². The zero-order chi connectivity index (χ0) is 18.4. The second-order valence-electron chi connectivity index (χ2n) is 8.95. The first-order chi connectivity index (χ1) is 12.6. The smallest absolute Gasteiger partial charge is 0.317 e. The van der Waals surface area contributed by atoms with Gasteiger partial charge in [-0.1, -0.05) is 26.2 Å². The first-order valence-electron chi connectivity index (χ1n) is 11.1. The van der Waals surface area contributed by atoms with E-state index in [4.69, 9.17) is 0 Å². The Morgan fingerprint density at radius 1 is 1.00 bits per heavy atom. The molecule has 3 fully saturated rings. The molecule has 2 amide bonds. The topological polar surface area (TPSA) is 38.8 Å². The van der Waals surface area contributed by atoms with Gasteiger partial charge in [-0.3, -0.25) is 4.90 Å². The van der Waals surface area contributed by atoms with Crippen LogP contribution in [0.1, 0.15) is 65.2 Å². The van der Waals surface area contributed by atoms with E-state index < -0.39 is 0 Å². The predicted molar refractivity (Wildman–Crippen MR) is 107 cm³/mol. The van der Waals surface area contributed by atoms with Crippen LogP contribution in [0.15, 0.2) is 0 Å². The van der Waals surface area contributed by atoms with Gasteiger partial charge >= 0.3 is 6.03 Å². The fraction of sp³-hybridized carbons (Fsp3) is 0.952. The number of amides is 2. The summed E-state index contributed by atoms with van der Waals surface area (Å²) in [5.74, 6) is 0.863. The van der Waals surface area contributed by atoms with Crippen molar-refractivity contribution < 1.29 is 4.79 Å². The normalized spacial score (nSPS) is 31.8. The minimum Gasteiger partial charge on any atom is -0.338 e. The van der Waals surface area contributed by atoms with Crippen LogP contribution >= 0.6 is 0 Å². The van der Waals surface area contributed by atoms with E-state index in [0.717, 1.165) is 51.1 Å². The molecule has 3 unspecified atom stereocenters. The summed E-state index contributed by atoms with van der Waals surface area (Å²) in [6, 6.07) is 1.37. The maximum atomic E-state index is 12.5. The molecule has 26 heavy (non-hydrogen) atoms. The van der Waals surface area contributed by atoms with E-state index in [1.807, 2.05) is 4.90 Å². The average Bonchev–Trinajstić information content (AvgIpc) is 2.66. The molecule has 1 saturated carbocycles. The van der Waals surface area contributed by atoms with Crippen LogP contribution in [0, 0.1) is 5.92 Å². The minimum atomic E-state index is 0.146. The third kappa shape index (κ3) is 5.59. The first-order valence-corrected chi connectivity index (χ1v) is 11.1. The molecule has 2 heterocycles. The van der Waals surface area contributed by atoms with Gasteiger partial charge in [0.2, 0.25) is 0 Å². The Morgan fingerprint density at radius 3 is 2.54 bits per heavy atom. The SMILES string of the molecule is CC1CCCC(N2CCN(C(=O)NCCCN3CCCCC3)CC2C)C1. The molecule has 3 atom stereocenters. The average molecular weight is 365 g/mol. The summed E-state index contributed by atoms with van der Waals surface area (Å²) in [6.07, 6.45) is 10.6. The molecule has 1 aliphatic carbocycles. The summed E-state index contributed by atoms with van der Waals surface area (Å²) in [4.78, 5) is 19.8. The van der Waals surface area contributed by atoms with Gasteiger partial charge in [0.1, 0.15) is 0 Å². The van der Waals surface area contributed by atoms with Crippen molar-refractivity contribution in [3.63, 3.8) is 0 Å². The summed E-state index contributed by atoms with van der Waals surface area (Å²) in [5, 5.41) is 3.16. The number of piperazine rings is 1. The third-order valence-corrected chi connectivity index (χ3v) is 6.72. The Kier molecular flexibility index (Phi) is 7.62. The second-order valence-corrected chi connectivity index (χ2v) is 8.95. The van der Waals surface area contributed by atoms with Gasteiger partial charge in [0.05, 0.1) is 0 Å². The molecule has 0 aromatic rings. The van der Waals surface area contributed by atoms with Crippen LogP contribution in [-0.4, -0.2) is 78.6 Å². The highest BCUT2D eigenvalue weighted by Crippen LogP contribution is 2.29. The summed E-state index contributed by atoms with van der Waals surface area (Å²) >= 11 is 0. The standard InChI is InChI=1S/C21H40N4O/c1-18-8-6-9-20(16-18)25-15-14-24(17-19(25)2)21(26)22-10-7-13-23-11-4-3-5-12-23/h18-20H,3-17H2,1-2H3,(H,22,26). The molecule has 150 valence electrons. The molecule has 1 N–H and O–H groups in total. The van der Waals surface area contributed by atoms with E-state index in [1.165, 1.54) is 58.0 Å². The first kappa shape index (κ1) is 19.9. The number of hydrogen-bond donors (Lipinski definition) is 1. The van der Waals surface area contributed by atoms with Crippen LogP contribution in [0.5, 0.6) is 0 Å². The van der Waals surface area contributed by atoms with Crippen molar-refractivity contribution in [1.82, 2.24) is 20.0 Å². The van der Waals surface area contributed by atoms with E-state index in [0.29, 0.717) is 6.04 Å². The summed E-state index contributed by atoms with van der Waals surface area (Å²) < 4.78 is 0. The molecular weight excluding hydrogens is 324 g/mol. The van der Waals surface area contributed by atoms with Crippen molar-refractivity contribution in [2.75, 3.05) is 45.8 Å². The number of carbonyl (C=O) groups excluding carboxylic acids is 1. The molecule has 5 heteroatoms. The van der Waals surface area contributed by atoms with Crippen LogP contribution < -0.4 is 5.32 Å². The maximum absolute atomic E-state index is 12.5. The van der Waals surface area contributed by atoms with Gasteiger partial charge in [-0.15, -0.1) is 0 Å². The van der Waals surface area contributed by atoms with Gasteiger partial charge in [-0.25, -0.2) is 4.79 Å². The van der Waals surface area contributed by atoms with Gasteiger partial charge in [0.15, 0.2) is 0 Å². The Balaban J connectivity index is 1.34. The molecule has 0 aromatic carbocycles. The van der Waals surface area contributed by atoms with E-state index >= 15 is 0 Å². The van der Waals surface area contributed by atoms with Crippen molar-refractivity contribution >= 4 is 6.03 Å². The number of nitrogens with zero attached hydrogens (tertiary/aromatic N) is 3.